The quantitative estimate of drug-likeness (QED) is 0.304. The van der Waals surface area contributed by atoms with Crippen LogP contribution in [0, 0.1) is 34.5 Å². The van der Waals surface area contributed by atoms with Gasteiger partial charge in [-0.05, 0) is 114 Å². The van der Waals surface area contributed by atoms with E-state index in [1.807, 2.05) is 32.3 Å². The summed E-state index contributed by atoms with van der Waals surface area (Å²) in [7, 11) is 1.00. The van der Waals surface area contributed by atoms with Gasteiger partial charge in [-0.2, -0.15) is 0 Å². The topological polar surface area (TPSA) is 73.6 Å². The lowest BCUT2D eigenvalue weighted by Crippen LogP contribution is -2.63. The summed E-state index contributed by atoms with van der Waals surface area (Å²) in [6.45, 7) is 22.4. The molecule has 228 valence electrons. The number of aliphatic hydroxyl groups is 3. The van der Waals surface area contributed by atoms with Crippen LogP contribution in [0.5, 0.6) is 0 Å². The molecule has 0 radical (unpaired) electrons. The summed E-state index contributed by atoms with van der Waals surface area (Å²) in [4.78, 5) is 4.35. The zero-order chi connectivity index (χ0) is 30.5. The fourth-order valence-corrected chi connectivity index (χ4v) is 9.15. The van der Waals surface area contributed by atoms with Crippen LogP contribution in [0.3, 0.4) is 0 Å². The van der Waals surface area contributed by atoms with Crippen molar-refractivity contribution in [2.24, 2.45) is 34.5 Å². The van der Waals surface area contributed by atoms with Crippen molar-refractivity contribution in [1.82, 2.24) is 4.98 Å². The number of hydrogen-bond donors (Lipinski definition) is 3. The maximum absolute atomic E-state index is 12.3. The summed E-state index contributed by atoms with van der Waals surface area (Å²) in [6, 6.07) is 4.12. The van der Waals surface area contributed by atoms with Crippen molar-refractivity contribution in [2.75, 3.05) is 7.11 Å². The van der Waals surface area contributed by atoms with Crippen molar-refractivity contribution < 1.29 is 15.3 Å². The van der Waals surface area contributed by atoms with E-state index in [9.17, 15) is 10.2 Å². The van der Waals surface area contributed by atoms with Crippen molar-refractivity contribution in [3.8, 4) is 0 Å². The molecule has 0 saturated heterocycles. The number of hydrogen-bond acceptors (Lipinski definition) is 4. The van der Waals surface area contributed by atoms with Crippen molar-refractivity contribution in [1.29, 1.82) is 0 Å². The molecule has 0 amide bonds. The van der Waals surface area contributed by atoms with E-state index < -0.39 is 6.10 Å². The molecule has 0 aromatic carbocycles. The van der Waals surface area contributed by atoms with Gasteiger partial charge in [0.05, 0.1) is 12.2 Å². The van der Waals surface area contributed by atoms with Crippen LogP contribution in [0.4, 0.5) is 0 Å². The highest BCUT2D eigenvalue weighted by Crippen LogP contribution is 2.69. The smallest absolute Gasteiger partial charge is 0.0834 e. The van der Waals surface area contributed by atoms with Gasteiger partial charge in [-0.3, -0.25) is 4.98 Å². The van der Waals surface area contributed by atoms with E-state index in [-0.39, 0.29) is 28.8 Å². The molecule has 2 saturated carbocycles. The third-order valence-corrected chi connectivity index (χ3v) is 11.1. The molecule has 5 rings (SSSR count). The summed E-state index contributed by atoms with van der Waals surface area (Å²) < 4.78 is 0. The molecule has 1 aromatic rings. The first kappa shape index (κ1) is 33.5. The zero-order valence-corrected chi connectivity index (χ0v) is 26.9. The predicted molar refractivity (Wildman–Crippen MR) is 172 cm³/mol. The van der Waals surface area contributed by atoms with E-state index in [2.05, 4.69) is 58.0 Å². The SMILES string of the molecule is C=C(CCCC)CC1CC2C(C)C(O)CCC2(C)C2C(O)C3=C(C=C(c4cccnc4)CC3=C)CC12C.CC.CO. The van der Waals surface area contributed by atoms with Gasteiger partial charge in [-0.1, -0.05) is 78.8 Å². The number of aromatic nitrogens is 1. The lowest BCUT2D eigenvalue weighted by molar-refractivity contribution is -0.188. The molecule has 2 fully saturated rings. The van der Waals surface area contributed by atoms with Gasteiger partial charge in [0.1, 0.15) is 0 Å². The van der Waals surface area contributed by atoms with Crippen LogP contribution in [0.25, 0.3) is 5.57 Å². The highest BCUT2D eigenvalue weighted by molar-refractivity contribution is 5.75. The number of aliphatic hydroxyl groups excluding tert-OH is 3. The highest BCUT2D eigenvalue weighted by atomic mass is 16.3. The van der Waals surface area contributed by atoms with Crippen LogP contribution in [0.15, 0.2) is 66.1 Å². The molecule has 4 heteroatoms. The summed E-state index contributed by atoms with van der Waals surface area (Å²) in [5, 5.41) is 30.2. The Hall–Kier alpha value is -2.01. The molecule has 4 aliphatic rings. The molecule has 1 aromatic heterocycles. The molecule has 3 N–H and O–H groups in total. The van der Waals surface area contributed by atoms with Crippen LogP contribution >= 0.6 is 0 Å². The molecule has 0 aliphatic heterocycles. The van der Waals surface area contributed by atoms with Crippen molar-refractivity contribution in [3.63, 3.8) is 0 Å². The Morgan fingerprint density at radius 1 is 1.15 bits per heavy atom. The highest BCUT2D eigenvalue weighted by Gasteiger charge is 2.64. The van der Waals surface area contributed by atoms with Gasteiger partial charge in [0.15, 0.2) is 0 Å². The first-order valence-electron chi connectivity index (χ1n) is 16.1. The van der Waals surface area contributed by atoms with Gasteiger partial charge >= 0.3 is 0 Å². The Morgan fingerprint density at radius 3 is 2.49 bits per heavy atom. The average molecular weight is 564 g/mol. The second-order valence-corrected chi connectivity index (χ2v) is 13.3. The Bertz CT molecular complexity index is 1120. The molecule has 0 bridgehead atoms. The maximum Gasteiger partial charge on any atom is 0.0834 e. The van der Waals surface area contributed by atoms with Gasteiger partial charge in [0.2, 0.25) is 0 Å². The van der Waals surface area contributed by atoms with Crippen LogP contribution in [-0.4, -0.2) is 39.6 Å². The van der Waals surface area contributed by atoms with Crippen molar-refractivity contribution in [2.45, 2.75) is 112 Å². The monoisotopic (exact) mass is 563 g/mol. The van der Waals surface area contributed by atoms with Gasteiger partial charge in [-0.25, -0.2) is 0 Å². The summed E-state index contributed by atoms with van der Waals surface area (Å²) in [5.74, 6) is 1.26. The fourth-order valence-electron chi connectivity index (χ4n) is 9.15. The average Bonchev–Trinajstić information content (AvgIpc) is 2.97. The number of rotatable bonds is 6. The first-order valence-corrected chi connectivity index (χ1v) is 16.1. The van der Waals surface area contributed by atoms with E-state index in [1.54, 1.807) is 0 Å². The van der Waals surface area contributed by atoms with Gasteiger partial charge in [0.25, 0.3) is 0 Å². The van der Waals surface area contributed by atoms with Crippen LogP contribution in [-0.2, 0) is 0 Å². The van der Waals surface area contributed by atoms with Crippen molar-refractivity contribution >= 4 is 5.57 Å². The van der Waals surface area contributed by atoms with Gasteiger partial charge in [0, 0.05) is 25.4 Å². The molecular formula is C37H57NO3. The largest absolute Gasteiger partial charge is 0.400 e. The Kier molecular flexibility index (Phi) is 11.4. The third kappa shape index (κ3) is 6.21. The van der Waals surface area contributed by atoms with E-state index >= 15 is 0 Å². The van der Waals surface area contributed by atoms with E-state index in [0.717, 1.165) is 68.8 Å². The molecule has 4 nitrogen and oxygen atoms in total. The number of allylic oxidation sites excluding steroid dienone is 4. The predicted octanol–water partition coefficient (Wildman–Crippen LogP) is 8.31. The van der Waals surface area contributed by atoms with Gasteiger partial charge in [-0.15, -0.1) is 0 Å². The standard InChI is InChI=1S/C34H47NO2.C2H6.CH4O/c1-7-8-10-21(2)15-27-18-28-23(4)29(36)12-13-33(28,5)32-31(37)30-22(3)16-25(24-11-9-14-35-20-24)17-26(30)19-34(27,32)6;2*1-2/h9,11,14,17,20,23,27-29,31-32,36-37H,2-3,7-8,10,12-13,15-16,18-19H2,1,4-6H3;1-2H3;2H,1H3. The van der Waals surface area contributed by atoms with E-state index in [1.165, 1.54) is 29.6 Å². The number of pyridine rings is 1. The minimum Gasteiger partial charge on any atom is -0.400 e. The molecule has 8 atom stereocenters. The van der Waals surface area contributed by atoms with E-state index in [0.29, 0.717) is 11.8 Å². The van der Waals surface area contributed by atoms with Crippen LogP contribution < -0.4 is 0 Å². The number of unbranched alkanes of at least 4 members (excludes halogenated alkanes) is 1. The lowest BCUT2D eigenvalue weighted by Gasteiger charge is -2.66. The Labute approximate surface area is 250 Å². The van der Waals surface area contributed by atoms with Crippen LogP contribution in [0.1, 0.15) is 105 Å². The molecule has 8 unspecified atom stereocenters. The zero-order valence-electron chi connectivity index (χ0n) is 26.9. The Morgan fingerprint density at radius 2 is 1.85 bits per heavy atom. The summed E-state index contributed by atoms with van der Waals surface area (Å²) in [5.41, 5.74) is 7.15. The van der Waals surface area contributed by atoms with E-state index in [4.69, 9.17) is 5.11 Å². The molecule has 0 spiro atoms. The Balaban J connectivity index is 0.00000111. The maximum atomic E-state index is 12.3. The number of nitrogens with zero attached hydrogens (tertiary/aromatic N) is 1. The molecule has 41 heavy (non-hydrogen) atoms. The fraction of sp³-hybridized carbons (Fsp3) is 0.649. The molecule has 1 heterocycles. The minimum absolute atomic E-state index is 0.000215. The second kappa shape index (κ2) is 14.0. The van der Waals surface area contributed by atoms with Crippen molar-refractivity contribution in [3.05, 3.63) is 71.6 Å². The lowest BCUT2D eigenvalue weighted by atomic mass is 9.39. The van der Waals surface area contributed by atoms with Gasteiger partial charge < -0.3 is 15.3 Å². The third-order valence-electron chi connectivity index (χ3n) is 11.1. The molecular weight excluding hydrogens is 506 g/mol. The first-order chi connectivity index (χ1) is 19.6. The molecule has 4 aliphatic carbocycles. The second-order valence-electron chi connectivity index (χ2n) is 13.3. The number of fused-ring (bicyclic) bond motifs is 3. The normalized spacial score (nSPS) is 35.9. The minimum atomic E-state index is -0.519. The summed E-state index contributed by atoms with van der Waals surface area (Å²) in [6.07, 6.45) is 14.5. The van der Waals surface area contributed by atoms with Crippen LogP contribution in [0.2, 0.25) is 0 Å². The summed E-state index contributed by atoms with van der Waals surface area (Å²) >= 11 is 0.